The van der Waals surface area contributed by atoms with Gasteiger partial charge in [0.25, 0.3) is 0 Å². The van der Waals surface area contributed by atoms with Crippen molar-refractivity contribution in [1.82, 2.24) is 14.7 Å². The number of nitrogens with zero attached hydrogens (tertiary/aromatic N) is 3. The number of urea groups is 1. The number of hydrogen-bond donors (Lipinski definition) is 1. The van der Waals surface area contributed by atoms with Gasteiger partial charge in [-0.3, -0.25) is 4.90 Å². The van der Waals surface area contributed by atoms with E-state index in [0.717, 1.165) is 43.9 Å². The monoisotopic (exact) mass is 379 g/mol. The minimum Gasteiger partial charge on any atom is -0.478 e. The number of rotatable bonds is 5. The third-order valence-corrected chi connectivity index (χ3v) is 5.62. The highest BCUT2D eigenvalue weighted by atomic mass is 16.4. The van der Waals surface area contributed by atoms with E-state index in [0.29, 0.717) is 12.1 Å². The largest absolute Gasteiger partial charge is 0.478 e. The highest BCUT2D eigenvalue weighted by molar-refractivity contribution is 5.87. The first-order valence-corrected chi connectivity index (χ1v) is 9.65. The number of carbonyl (C=O) groups is 2. The lowest BCUT2D eigenvalue weighted by molar-refractivity contribution is 0.0697. The van der Waals surface area contributed by atoms with Crippen molar-refractivity contribution in [3.8, 4) is 0 Å². The minimum atomic E-state index is -0.904. The number of carboxylic acid groups (broad SMARTS) is 1. The normalized spacial score (nSPS) is 19.8. The third kappa shape index (κ3) is 3.87. The number of carboxylic acids is 1. The van der Waals surface area contributed by atoms with Crippen molar-refractivity contribution in [2.45, 2.75) is 26.1 Å². The fourth-order valence-corrected chi connectivity index (χ4v) is 4.04. The van der Waals surface area contributed by atoms with Gasteiger partial charge in [0.15, 0.2) is 0 Å². The molecule has 2 aromatic rings. The number of hydrogen-bond acceptors (Lipinski definition) is 3. The summed E-state index contributed by atoms with van der Waals surface area (Å²) in [7, 11) is 0. The summed E-state index contributed by atoms with van der Waals surface area (Å²) in [5.74, 6) is -0.904. The van der Waals surface area contributed by atoms with Gasteiger partial charge in [-0.25, -0.2) is 9.59 Å². The van der Waals surface area contributed by atoms with Gasteiger partial charge in [0.1, 0.15) is 0 Å². The van der Waals surface area contributed by atoms with E-state index in [-0.39, 0.29) is 12.1 Å². The number of fused-ring (bicyclic) bond motifs is 1. The quantitative estimate of drug-likeness (QED) is 0.868. The van der Waals surface area contributed by atoms with Crippen molar-refractivity contribution >= 4 is 12.0 Å². The van der Waals surface area contributed by atoms with Crippen molar-refractivity contribution in [2.24, 2.45) is 0 Å². The first-order valence-electron chi connectivity index (χ1n) is 9.65. The first kappa shape index (κ1) is 18.5. The van der Waals surface area contributed by atoms with Crippen molar-refractivity contribution < 1.29 is 14.7 Å². The van der Waals surface area contributed by atoms with Gasteiger partial charge in [0, 0.05) is 39.3 Å². The van der Waals surface area contributed by atoms with Crippen LogP contribution in [0, 0.1) is 6.92 Å². The Bertz CT molecular complexity index is 864. The summed E-state index contributed by atoms with van der Waals surface area (Å²) < 4.78 is 0. The van der Waals surface area contributed by atoms with E-state index in [1.165, 1.54) is 5.56 Å². The number of benzene rings is 2. The average Bonchev–Trinajstić information content (AvgIpc) is 2.99. The molecule has 2 aromatic carbocycles. The Morgan fingerprint density at radius 3 is 2.29 bits per heavy atom. The van der Waals surface area contributed by atoms with E-state index in [1.807, 2.05) is 21.9 Å². The molecule has 1 N–H and O–H groups in total. The molecule has 6 nitrogen and oxygen atoms in total. The summed E-state index contributed by atoms with van der Waals surface area (Å²) in [4.78, 5) is 30.0. The molecule has 2 aliphatic rings. The maximum atomic E-state index is 12.8. The van der Waals surface area contributed by atoms with Crippen LogP contribution in [0.15, 0.2) is 48.5 Å². The van der Waals surface area contributed by atoms with E-state index in [4.69, 9.17) is 5.11 Å². The maximum absolute atomic E-state index is 12.8. The second kappa shape index (κ2) is 7.64. The molecule has 0 radical (unpaired) electrons. The van der Waals surface area contributed by atoms with Crippen LogP contribution in [0.1, 0.15) is 27.0 Å². The van der Waals surface area contributed by atoms with Crippen LogP contribution in [0.5, 0.6) is 0 Å². The molecular formula is C22H25N3O3. The molecule has 0 unspecified atom stereocenters. The van der Waals surface area contributed by atoms with E-state index in [1.54, 1.807) is 12.1 Å². The summed E-state index contributed by atoms with van der Waals surface area (Å²) in [5.41, 5.74) is 3.79. The van der Waals surface area contributed by atoms with Gasteiger partial charge in [-0.2, -0.15) is 0 Å². The van der Waals surface area contributed by atoms with Gasteiger partial charge in [0.05, 0.1) is 11.6 Å². The van der Waals surface area contributed by atoms with Gasteiger partial charge in [-0.15, -0.1) is 0 Å². The lowest BCUT2D eigenvalue weighted by Gasteiger charge is -2.36. The Labute approximate surface area is 165 Å². The summed E-state index contributed by atoms with van der Waals surface area (Å²) in [6.45, 7) is 6.66. The van der Waals surface area contributed by atoms with Gasteiger partial charge in [-0.05, 0) is 30.2 Å². The molecule has 1 atom stereocenters. The van der Waals surface area contributed by atoms with Crippen molar-refractivity contribution in [1.29, 1.82) is 0 Å². The highest BCUT2D eigenvalue weighted by Gasteiger charge is 2.40. The molecule has 146 valence electrons. The lowest BCUT2D eigenvalue weighted by atomic mass is 10.1. The van der Waals surface area contributed by atoms with Crippen LogP contribution in [-0.4, -0.2) is 64.0 Å². The second-order valence-corrected chi connectivity index (χ2v) is 7.73. The van der Waals surface area contributed by atoms with Crippen LogP contribution >= 0.6 is 0 Å². The van der Waals surface area contributed by atoms with E-state index in [9.17, 15) is 9.59 Å². The molecule has 2 heterocycles. The smallest absolute Gasteiger partial charge is 0.335 e. The number of carbonyl (C=O) groups excluding carboxylic acids is 1. The Morgan fingerprint density at radius 1 is 0.964 bits per heavy atom. The van der Waals surface area contributed by atoms with Crippen LogP contribution in [-0.2, 0) is 13.1 Å². The molecule has 2 saturated heterocycles. The number of amides is 2. The molecule has 4 rings (SSSR count). The Balaban J connectivity index is 1.36. The summed E-state index contributed by atoms with van der Waals surface area (Å²) >= 11 is 0. The fraction of sp³-hybridized carbons (Fsp3) is 0.364. The molecule has 28 heavy (non-hydrogen) atoms. The average molecular weight is 379 g/mol. The fourth-order valence-electron chi connectivity index (χ4n) is 4.04. The summed E-state index contributed by atoms with van der Waals surface area (Å²) in [6.07, 6.45) is 0. The Morgan fingerprint density at radius 2 is 1.61 bits per heavy atom. The predicted molar refractivity (Wildman–Crippen MR) is 106 cm³/mol. The maximum Gasteiger partial charge on any atom is 0.335 e. The lowest BCUT2D eigenvalue weighted by Crippen LogP contribution is -2.51. The molecular weight excluding hydrogens is 354 g/mol. The van der Waals surface area contributed by atoms with Crippen LogP contribution < -0.4 is 0 Å². The summed E-state index contributed by atoms with van der Waals surface area (Å²) in [5, 5.41) is 9.02. The second-order valence-electron chi connectivity index (χ2n) is 7.73. The number of piperazine rings is 1. The van der Waals surface area contributed by atoms with E-state index in [2.05, 4.69) is 36.1 Å². The van der Waals surface area contributed by atoms with E-state index < -0.39 is 5.97 Å². The zero-order valence-corrected chi connectivity index (χ0v) is 16.0. The van der Waals surface area contributed by atoms with E-state index >= 15 is 0 Å². The van der Waals surface area contributed by atoms with Crippen molar-refractivity contribution in [3.05, 3.63) is 70.8 Å². The van der Waals surface area contributed by atoms with Crippen molar-refractivity contribution in [2.75, 3.05) is 26.2 Å². The third-order valence-electron chi connectivity index (χ3n) is 5.62. The van der Waals surface area contributed by atoms with Gasteiger partial charge in [-0.1, -0.05) is 42.0 Å². The highest BCUT2D eigenvalue weighted by Crippen LogP contribution is 2.23. The van der Waals surface area contributed by atoms with Crippen molar-refractivity contribution in [3.63, 3.8) is 0 Å². The molecule has 0 aromatic heterocycles. The molecule has 0 saturated carbocycles. The minimum absolute atomic E-state index is 0.135. The van der Waals surface area contributed by atoms with Gasteiger partial charge >= 0.3 is 12.0 Å². The molecule has 2 fully saturated rings. The number of aryl methyl sites for hydroxylation is 1. The van der Waals surface area contributed by atoms with Gasteiger partial charge < -0.3 is 14.9 Å². The van der Waals surface area contributed by atoms with Crippen LogP contribution in [0.25, 0.3) is 0 Å². The SMILES string of the molecule is Cc1ccc(CN2C[C@H]3CN(Cc4ccc(C(=O)O)cc4)CCN3C2=O)cc1. The topological polar surface area (TPSA) is 64.1 Å². The zero-order valence-electron chi connectivity index (χ0n) is 16.0. The Kier molecular flexibility index (Phi) is 5.05. The van der Waals surface area contributed by atoms with Crippen LogP contribution in [0.2, 0.25) is 0 Å². The van der Waals surface area contributed by atoms with Crippen LogP contribution in [0.4, 0.5) is 4.79 Å². The number of aromatic carboxylic acids is 1. The summed E-state index contributed by atoms with van der Waals surface area (Å²) in [6, 6.07) is 15.7. The molecule has 2 amide bonds. The van der Waals surface area contributed by atoms with Crippen LogP contribution in [0.3, 0.4) is 0 Å². The molecule has 0 aliphatic carbocycles. The molecule has 0 bridgehead atoms. The Hall–Kier alpha value is -2.86. The van der Waals surface area contributed by atoms with Gasteiger partial charge in [0.2, 0.25) is 0 Å². The predicted octanol–water partition coefficient (Wildman–Crippen LogP) is 2.82. The molecule has 0 spiro atoms. The standard InChI is InChI=1S/C22H25N3O3/c1-16-2-4-18(5-3-16)13-24-15-20-14-23(10-11-25(20)22(24)28)12-17-6-8-19(9-7-17)21(26)27/h2-9,20H,10-15H2,1H3,(H,26,27)/t20-/m1/s1. The first-order chi connectivity index (χ1) is 13.5. The molecule has 6 heteroatoms. The molecule has 2 aliphatic heterocycles. The zero-order chi connectivity index (χ0) is 19.7.